The summed E-state index contributed by atoms with van der Waals surface area (Å²) in [6.45, 7) is 5.80. The third-order valence-electron chi connectivity index (χ3n) is 4.49. The number of nitrogens with zero attached hydrogens (tertiary/aromatic N) is 3. The van der Waals surface area contributed by atoms with Gasteiger partial charge in [-0.15, -0.1) is 10.2 Å². The fraction of sp³-hybridized carbons (Fsp3) is 0.286. The van der Waals surface area contributed by atoms with Crippen LogP contribution in [0.2, 0.25) is 0 Å². The van der Waals surface area contributed by atoms with Crippen molar-refractivity contribution in [3.05, 3.63) is 64.7 Å². The number of anilines is 2. The Morgan fingerprint density at radius 2 is 1.60 bits per heavy atom. The Labute approximate surface area is 180 Å². The number of aromatic nitrogens is 2. The number of sulfonamides is 1. The van der Waals surface area contributed by atoms with E-state index < -0.39 is 10.0 Å². The first-order chi connectivity index (χ1) is 14.3. The van der Waals surface area contributed by atoms with Gasteiger partial charge in [-0.25, -0.2) is 8.42 Å². The zero-order valence-corrected chi connectivity index (χ0v) is 18.8. The highest BCUT2D eigenvalue weighted by Gasteiger charge is 2.25. The number of aryl methyl sites for hydroxylation is 3. The smallest absolute Gasteiger partial charge is 0.264 e. The van der Waals surface area contributed by atoms with Crippen molar-refractivity contribution >= 4 is 38.1 Å². The fourth-order valence-electron chi connectivity index (χ4n) is 2.77. The van der Waals surface area contributed by atoms with Crippen molar-refractivity contribution in [2.75, 3.05) is 16.2 Å². The van der Waals surface area contributed by atoms with Gasteiger partial charge in [0.15, 0.2) is 0 Å². The van der Waals surface area contributed by atoms with Gasteiger partial charge >= 0.3 is 0 Å². The summed E-state index contributed by atoms with van der Waals surface area (Å²) in [7, 11) is -3.82. The number of amides is 1. The summed E-state index contributed by atoms with van der Waals surface area (Å²) >= 11 is 1.31. The highest BCUT2D eigenvalue weighted by atomic mass is 32.2. The summed E-state index contributed by atoms with van der Waals surface area (Å²) in [5.41, 5.74) is 2.50. The largest absolute Gasteiger partial charge is 0.300 e. The van der Waals surface area contributed by atoms with Gasteiger partial charge in [-0.2, -0.15) is 0 Å². The first kappa shape index (κ1) is 21.9. The minimum Gasteiger partial charge on any atom is -0.300 e. The van der Waals surface area contributed by atoms with Crippen molar-refractivity contribution in [2.45, 2.75) is 38.5 Å². The van der Waals surface area contributed by atoms with E-state index in [1.807, 2.05) is 32.9 Å². The van der Waals surface area contributed by atoms with Crippen molar-refractivity contribution < 1.29 is 13.2 Å². The van der Waals surface area contributed by atoms with E-state index in [0.717, 1.165) is 22.6 Å². The fourth-order valence-corrected chi connectivity index (χ4v) is 4.93. The maximum Gasteiger partial charge on any atom is 0.264 e. The SMILES string of the molecule is CCc1nnc(NC(=O)CCN(c2ccc(C)cc2)S(=O)(=O)c2ccc(C)cc2)s1. The minimum absolute atomic E-state index is 0.00451. The molecule has 2 aromatic carbocycles. The second-order valence-corrected chi connectivity index (χ2v) is 9.80. The molecule has 1 amide bonds. The van der Waals surface area contributed by atoms with Crippen LogP contribution in [0.15, 0.2) is 53.4 Å². The Bertz CT molecular complexity index is 1110. The van der Waals surface area contributed by atoms with Crippen LogP contribution in [0.1, 0.15) is 29.5 Å². The number of rotatable bonds is 8. The standard InChI is InChI=1S/C21H24N4O3S2/c1-4-20-23-24-21(29-20)22-19(26)13-14-25(17-9-5-15(2)6-10-17)30(27,28)18-11-7-16(3)8-12-18/h5-12H,4,13-14H2,1-3H3,(H,22,24,26). The molecule has 0 bridgehead atoms. The van der Waals surface area contributed by atoms with Gasteiger partial charge in [-0.1, -0.05) is 53.7 Å². The molecule has 9 heteroatoms. The molecule has 1 aromatic heterocycles. The quantitative estimate of drug-likeness (QED) is 0.568. The lowest BCUT2D eigenvalue weighted by Gasteiger charge is -2.24. The second kappa shape index (κ2) is 9.36. The van der Waals surface area contributed by atoms with Crippen LogP contribution >= 0.6 is 11.3 Å². The van der Waals surface area contributed by atoms with Crippen molar-refractivity contribution in [1.29, 1.82) is 0 Å². The molecule has 30 heavy (non-hydrogen) atoms. The van der Waals surface area contributed by atoms with Gasteiger partial charge in [0.25, 0.3) is 10.0 Å². The molecule has 0 aliphatic heterocycles. The maximum absolute atomic E-state index is 13.3. The number of nitrogens with one attached hydrogen (secondary N) is 1. The molecule has 3 rings (SSSR count). The lowest BCUT2D eigenvalue weighted by molar-refractivity contribution is -0.116. The van der Waals surface area contributed by atoms with Crippen LogP contribution in [0.3, 0.4) is 0 Å². The topological polar surface area (TPSA) is 92.3 Å². The Morgan fingerprint density at radius 3 is 2.17 bits per heavy atom. The number of hydrogen-bond acceptors (Lipinski definition) is 6. The van der Waals surface area contributed by atoms with E-state index in [-0.39, 0.29) is 23.8 Å². The van der Waals surface area contributed by atoms with Gasteiger partial charge in [0.1, 0.15) is 5.01 Å². The minimum atomic E-state index is -3.82. The van der Waals surface area contributed by atoms with E-state index in [4.69, 9.17) is 0 Å². The highest BCUT2D eigenvalue weighted by molar-refractivity contribution is 7.92. The molecule has 0 aliphatic rings. The van der Waals surface area contributed by atoms with Gasteiger partial charge in [-0.3, -0.25) is 9.10 Å². The molecule has 7 nitrogen and oxygen atoms in total. The van der Waals surface area contributed by atoms with Crippen LogP contribution in [0, 0.1) is 13.8 Å². The van der Waals surface area contributed by atoms with Crippen LogP contribution in [0.5, 0.6) is 0 Å². The van der Waals surface area contributed by atoms with Gasteiger partial charge in [0.2, 0.25) is 11.0 Å². The van der Waals surface area contributed by atoms with Crippen LogP contribution in [0.4, 0.5) is 10.8 Å². The average molecular weight is 445 g/mol. The number of benzene rings is 2. The summed E-state index contributed by atoms with van der Waals surface area (Å²) in [5.74, 6) is -0.315. The molecule has 0 saturated carbocycles. The predicted molar refractivity (Wildman–Crippen MR) is 119 cm³/mol. The average Bonchev–Trinajstić information content (AvgIpc) is 3.17. The van der Waals surface area contributed by atoms with Crippen LogP contribution in [-0.2, 0) is 21.2 Å². The molecular weight excluding hydrogens is 420 g/mol. The molecule has 0 fully saturated rings. The lowest BCUT2D eigenvalue weighted by Crippen LogP contribution is -2.34. The molecule has 0 spiro atoms. The summed E-state index contributed by atoms with van der Waals surface area (Å²) in [4.78, 5) is 12.6. The lowest BCUT2D eigenvalue weighted by atomic mass is 10.2. The third kappa shape index (κ3) is 5.22. The van der Waals surface area contributed by atoms with Gasteiger partial charge in [0.05, 0.1) is 10.6 Å². The summed E-state index contributed by atoms with van der Waals surface area (Å²) in [5, 5.41) is 11.8. The van der Waals surface area contributed by atoms with Crippen LogP contribution in [-0.4, -0.2) is 31.1 Å². The van der Waals surface area contributed by atoms with E-state index in [1.54, 1.807) is 36.4 Å². The molecule has 158 valence electrons. The van der Waals surface area contributed by atoms with Crippen molar-refractivity contribution in [3.8, 4) is 0 Å². The molecule has 1 N–H and O–H groups in total. The molecule has 0 aliphatic carbocycles. The first-order valence-corrected chi connectivity index (χ1v) is 11.8. The number of carbonyl (C=O) groups is 1. The Kier molecular flexibility index (Phi) is 6.84. The van der Waals surface area contributed by atoms with Crippen molar-refractivity contribution in [2.24, 2.45) is 0 Å². The van der Waals surface area contributed by atoms with E-state index in [1.165, 1.54) is 15.6 Å². The first-order valence-electron chi connectivity index (χ1n) is 9.58. The summed E-state index contributed by atoms with van der Waals surface area (Å²) in [6, 6.07) is 13.9. The third-order valence-corrected chi connectivity index (χ3v) is 7.31. The zero-order valence-electron chi connectivity index (χ0n) is 17.1. The van der Waals surface area contributed by atoms with Crippen molar-refractivity contribution in [1.82, 2.24) is 10.2 Å². The molecule has 0 unspecified atom stereocenters. The van der Waals surface area contributed by atoms with E-state index in [9.17, 15) is 13.2 Å². The van der Waals surface area contributed by atoms with E-state index in [0.29, 0.717) is 10.8 Å². The molecule has 0 saturated heterocycles. The monoisotopic (exact) mass is 444 g/mol. The molecule has 1 heterocycles. The number of carbonyl (C=O) groups excluding carboxylic acids is 1. The molecule has 0 atom stereocenters. The zero-order chi connectivity index (χ0) is 21.7. The Balaban J connectivity index is 1.81. The maximum atomic E-state index is 13.3. The summed E-state index contributed by atoms with van der Waals surface area (Å²) in [6.07, 6.45) is 0.726. The van der Waals surface area contributed by atoms with Gasteiger partial charge < -0.3 is 5.32 Å². The summed E-state index contributed by atoms with van der Waals surface area (Å²) < 4.78 is 27.9. The van der Waals surface area contributed by atoms with Crippen LogP contribution in [0.25, 0.3) is 0 Å². The van der Waals surface area contributed by atoms with Crippen molar-refractivity contribution in [3.63, 3.8) is 0 Å². The van der Waals surface area contributed by atoms with E-state index in [2.05, 4.69) is 15.5 Å². The molecule has 3 aromatic rings. The Hall–Kier alpha value is -2.78. The Morgan fingerprint density at radius 1 is 1.00 bits per heavy atom. The second-order valence-electron chi connectivity index (χ2n) is 6.88. The normalized spacial score (nSPS) is 11.3. The molecule has 0 radical (unpaired) electrons. The van der Waals surface area contributed by atoms with Gasteiger partial charge in [0, 0.05) is 13.0 Å². The predicted octanol–water partition coefficient (Wildman–Crippen LogP) is 3.94. The highest BCUT2D eigenvalue weighted by Crippen LogP contribution is 2.25. The van der Waals surface area contributed by atoms with Gasteiger partial charge in [-0.05, 0) is 44.5 Å². The van der Waals surface area contributed by atoms with Crippen LogP contribution < -0.4 is 9.62 Å². The van der Waals surface area contributed by atoms with E-state index >= 15 is 0 Å². The number of hydrogen-bond donors (Lipinski definition) is 1. The molecular formula is C21H24N4O3S2.